The molecule has 0 bridgehead atoms. The monoisotopic (exact) mass is 277 g/mol. The van der Waals surface area contributed by atoms with E-state index in [1.807, 2.05) is 20.9 Å². The van der Waals surface area contributed by atoms with Gasteiger partial charge in [-0.3, -0.25) is 4.79 Å². The molecule has 0 atom stereocenters. The number of hydrogen-bond donors (Lipinski definition) is 2. The highest BCUT2D eigenvalue weighted by Crippen LogP contribution is 2.21. The largest absolute Gasteiger partial charge is 0.362 e. The molecule has 20 heavy (non-hydrogen) atoms. The molecule has 0 aromatic heterocycles. The molecule has 4 heteroatoms. The van der Waals surface area contributed by atoms with Crippen LogP contribution in [-0.4, -0.2) is 32.1 Å². The van der Waals surface area contributed by atoms with Crippen LogP contribution in [0.25, 0.3) is 0 Å². The number of hydrogen-bond acceptors (Lipinski definition) is 3. The lowest BCUT2D eigenvalue weighted by Gasteiger charge is -2.25. The molecule has 4 nitrogen and oxygen atoms in total. The van der Waals surface area contributed by atoms with Crippen LogP contribution in [0.2, 0.25) is 0 Å². The third-order valence-corrected chi connectivity index (χ3v) is 3.15. The van der Waals surface area contributed by atoms with Gasteiger partial charge < -0.3 is 15.5 Å². The maximum Gasteiger partial charge on any atom is 0.239 e. The maximum absolute atomic E-state index is 11.9. The summed E-state index contributed by atoms with van der Waals surface area (Å²) in [5, 5.41) is 6.09. The van der Waals surface area contributed by atoms with Gasteiger partial charge in [-0.2, -0.15) is 0 Å². The maximum atomic E-state index is 11.9. The van der Waals surface area contributed by atoms with Crippen molar-refractivity contribution in [1.82, 2.24) is 10.6 Å². The van der Waals surface area contributed by atoms with E-state index in [4.69, 9.17) is 0 Å². The summed E-state index contributed by atoms with van der Waals surface area (Å²) in [6.07, 6.45) is 0. The molecule has 0 unspecified atom stereocenters. The number of carbonyl (C=O) groups excluding carboxylic acids is 1. The third-order valence-electron chi connectivity index (χ3n) is 3.15. The first-order chi connectivity index (χ1) is 9.47. The summed E-state index contributed by atoms with van der Waals surface area (Å²) in [5.41, 5.74) is 3.60. The number of amides is 1. The number of nitrogens with one attached hydrogen (secondary N) is 2. The topological polar surface area (TPSA) is 44.4 Å². The minimum Gasteiger partial charge on any atom is -0.362 e. The molecule has 0 aliphatic carbocycles. The molecule has 0 saturated carbocycles. The van der Waals surface area contributed by atoms with E-state index >= 15 is 0 Å². The Kier molecular flexibility index (Phi) is 6.52. The molecule has 112 valence electrons. The van der Waals surface area contributed by atoms with Gasteiger partial charge >= 0.3 is 0 Å². The van der Waals surface area contributed by atoms with Crippen LogP contribution in [0.4, 0.5) is 5.69 Å². The van der Waals surface area contributed by atoms with Crippen molar-refractivity contribution in [3.63, 3.8) is 0 Å². The van der Waals surface area contributed by atoms with E-state index in [-0.39, 0.29) is 11.9 Å². The van der Waals surface area contributed by atoms with Gasteiger partial charge in [-0.05, 0) is 51.9 Å². The number of benzene rings is 1. The van der Waals surface area contributed by atoms with Crippen LogP contribution in [0, 0.1) is 6.92 Å². The van der Waals surface area contributed by atoms with Crippen LogP contribution in [0.15, 0.2) is 18.2 Å². The lowest BCUT2D eigenvalue weighted by Crippen LogP contribution is -2.40. The minimum atomic E-state index is 0.0700. The second-order valence-corrected chi connectivity index (χ2v) is 5.39. The SMILES string of the molecule is CCN(CC(=O)NC(C)C)c1ccc(CNC)cc1C. The van der Waals surface area contributed by atoms with E-state index in [2.05, 4.69) is 47.6 Å². The van der Waals surface area contributed by atoms with E-state index < -0.39 is 0 Å². The average molecular weight is 277 g/mol. The first-order valence-corrected chi connectivity index (χ1v) is 7.26. The van der Waals surface area contributed by atoms with Crippen molar-refractivity contribution in [3.8, 4) is 0 Å². The number of rotatable bonds is 7. The predicted octanol–water partition coefficient (Wildman–Crippen LogP) is 2.07. The highest BCUT2D eigenvalue weighted by molar-refractivity contribution is 5.81. The summed E-state index contributed by atoms with van der Waals surface area (Å²) < 4.78 is 0. The van der Waals surface area contributed by atoms with Gasteiger partial charge in [0.25, 0.3) is 0 Å². The van der Waals surface area contributed by atoms with Gasteiger partial charge in [0, 0.05) is 24.8 Å². The van der Waals surface area contributed by atoms with Gasteiger partial charge in [-0.25, -0.2) is 0 Å². The molecule has 0 fully saturated rings. The third kappa shape index (κ3) is 4.85. The molecular formula is C16H27N3O. The zero-order valence-corrected chi connectivity index (χ0v) is 13.3. The average Bonchev–Trinajstić information content (AvgIpc) is 2.36. The second-order valence-electron chi connectivity index (χ2n) is 5.39. The highest BCUT2D eigenvalue weighted by Gasteiger charge is 2.12. The van der Waals surface area contributed by atoms with Crippen LogP contribution < -0.4 is 15.5 Å². The van der Waals surface area contributed by atoms with Crippen molar-refractivity contribution in [3.05, 3.63) is 29.3 Å². The fourth-order valence-electron chi connectivity index (χ4n) is 2.29. The fraction of sp³-hybridized carbons (Fsp3) is 0.562. The van der Waals surface area contributed by atoms with Gasteiger partial charge in [0.2, 0.25) is 5.91 Å². The van der Waals surface area contributed by atoms with Gasteiger partial charge in [0.05, 0.1) is 6.54 Å². The summed E-state index contributed by atoms with van der Waals surface area (Å²) in [6.45, 7) is 10.2. The Morgan fingerprint density at radius 1 is 1.35 bits per heavy atom. The molecule has 0 heterocycles. The van der Waals surface area contributed by atoms with Gasteiger partial charge in [0.1, 0.15) is 0 Å². The zero-order valence-electron chi connectivity index (χ0n) is 13.3. The number of carbonyl (C=O) groups is 1. The van der Waals surface area contributed by atoms with E-state index in [0.717, 1.165) is 18.8 Å². The fourth-order valence-corrected chi connectivity index (χ4v) is 2.29. The standard InChI is InChI=1S/C16H27N3O/c1-6-19(11-16(20)18-12(2)3)15-8-7-14(10-17-5)9-13(15)4/h7-9,12,17H,6,10-11H2,1-5H3,(H,18,20). The Hall–Kier alpha value is -1.55. The van der Waals surface area contributed by atoms with Crippen molar-refractivity contribution in [1.29, 1.82) is 0 Å². The highest BCUT2D eigenvalue weighted by atomic mass is 16.2. The predicted molar refractivity (Wildman–Crippen MR) is 85.1 cm³/mol. The minimum absolute atomic E-state index is 0.0700. The summed E-state index contributed by atoms with van der Waals surface area (Å²) >= 11 is 0. The molecule has 0 aliphatic rings. The van der Waals surface area contributed by atoms with Crippen molar-refractivity contribution in [2.75, 3.05) is 25.0 Å². The quantitative estimate of drug-likeness (QED) is 0.802. The molecule has 1 aromatic rings. The second kappa shape index (κ2) is 7.90. The molecule has 0 saturated heterocycles. The Labute approximate surface area is 122 Å². The van der Waals surface area contributed by atoms with E-state index in [1.54, 1.807) is 0 Å². The van der Waals surface area contributed by atoms with Gasteiger partial charge in [-0.15, -0.1) is 0 Å². The van der Waals surface area contributed by atoms with Crippen molar-refractivity contribution in [2.45, 2.75) is 40.3 Å². The first kappa shape index (κ1) is 16.5. The smallest absolute Gasteiger partial charge is 0.239 e. The lowest BCUT2D eigenvalue weighted by molar-refractivity contribution is -0.120. The molecule has 1 amide bonds. The number of anilines is 1. The van der Waals surface area contributed by atoms with Crippen LogP contribution in [0.1, 0.15) is 31.9 Å². The Bertz CT molecular complexity index is 443. The Balaban J connectivity index is 2.81. The molecular weight excluding hydrogens is 250 g/mol. The van der Waals surface area contributed by atoms with Crippen LogP contribution in [0.5, 0.6) is 0 Å². The first-order valence-electron chi connectivity index (χ1n) is 7.26. The van der Waals surface area contributed by atoms with Crippen molar-refractivity contribution >= 4 is 11.6 Å². The summed E-state index contributed by atoms with van der Waals surface area (Å²) in [5.74, 6) is 0.0700. The molecule has 0 aliphatic heterocycles. The van der Waals surface area contributed by atoms with E-state index in [1.165, 1.54) is 11.1 Å². The lowest BCUT2D eigenvalue weighted by atomic mass is 10.1. The van der Waals surface area contributed by atoms with Crippen molar-refractivity contribution < 1.29 is 4.79 Å². The summed E-state index contributed by atoms with van der Waals surface area (Å²) in [6, 6.07) is 6.57. The zero-order chi connectivity index (χ0) is 15.1. The van der Waals surface area contributed by atoms with Gasteiger partial charge in [-0.1, -0.05) is 12.1 Å². The number of aryl methyl sites for hydroxylation is 1. The van der Waals surface area contributed by atoms with Crippen molar-refractivity contribution in [2.24, 2.45) is 0 Å². The molecule has 2 N–H and O–H groups in total. The Morgan fingerprint density at radius 2 is 2.05 bits per heavy atom. The van der Waals surface area contributed by atoms with Gasteiger partial charge in [0.15, 0.2) is 0 Å². The number of nitrogens with zero attached hydrogens (tertiary/aromatic N) is 1. The molecule has 1 rings (SSSR count). The molecule has 0 radical (unpaired) electrons. The normalized spacial score (nSPS) is 10.7. The van der Waals surface area contributed by atoms with Crippen LogP contribution >= 0.6 is 0 Å². The number of likely N-dealkylation sites (N-methyl/N-ethyl adjacent to an activating group) is 1. The molecule has 0 spiro atoms. The summed E-state index contributed by atoms with van der Waals surface area (Å²) in [4.78, 5) is 14.0. The Morgan fingerprint density at radius 3 is 2.55 bits per heavy atom. The summed E-state index contributed by atoms with van der Waals surface area (Å²) in [7, 11) is 1.94. The van der Waals surface area contributed by atoms with E-state index in [9.17, 15) is 4.79 Å². The molecule has 1 aromatic carbocycles. The van der Waals surface area contributed by atoms with Crippen LogP contribution in [0.3, 0.4) is 0 Å². The van der Waals surface area contributed by atoms with Crippen LogP contribution in [-0.2, 0) is 11.3 Å². The van der Waals surface area contributed by atoms with E-state index in [0.29, 0.717) is 6.54 Å².